The molecule has 1 aromatic heterocycles. The van der Waals surface area contributed by atoms with Gasteiger partial charge < -0.3 is 9.73 Å². The van der Waals surface area contributed by atoms with Gasteiger partial charge in [-0.1, -0.05) is 50.1 Å². The van der Waals surface area contributed by atoms with E-state index < -0.39 is 0 Å². The predicted molar refractivity (Wildman–Crippen MR) is 93.9 cm³/mol. The molecule has 1 heterocycles. The van der Waals surface area contributed by atoms with E-state index in [2.05, 4.69) is 24.1 Å². The van der Waals surface area contributed by atoms with E-state index in [0.717, 1.165) is 11.9 Å². The van der Waals surface area contributed by atoms with Gasteiger partial charge in [0, 0.05) is 11.1 Å². The minimum absolute atomic E-state index is 0.0428. The number of carbonyl (C=O) groups excluding carboxylic acids is 1. The predicted octanol–water partition coefficient (Wildman–Crippen LogP) is 4.51. The van der Waals surface area contributed by atoms with Crippen LogP contribution in [0.4, 0.5) is 0 Å². The second-order valence-corrected chi connectivity index (χ2v) is 7.68. The highest BCUT2D eigenvalue weighted by molar-refractivity contribution is 7.99. The first-order chi connectivity index (χ1) is 11.0. The van der Waals surface area contributed by atoms with Crippen molar-refractivity contribution in [2.24, 2.45) is 11.8 Å². The molecule has 1 aromatic carbocycles. The van der Waals surface area contributed by atoms with Crippen molar-refractivity contribution in [1.29, 1.82) is 0 Å². The van der Waals surface area contributed by atoms with Crippen LogP contribution in [-0.4, -0.2) is 22.7 Å². The Bertz CT molecular complexity index is 703. The first kappa shape index (κ1) is 16.7. The lowest BCUT2D eigenvalue weighted by Crippen LogP contribution is -2.44. The van der Waals surface area contributed by atoms with E-state index in [1.54, 1.807) is 18.2 Å². The molecule has 0 spiro atoms. The Balaban J connectivity index is 1.55. The Morgan fingerprint density at radius 1 is 1.43 bits per heavy atom. The summed E-state index contributed by atoms with van der Waals surface area (Å²) in [5.74, 6) is 1.56. The molecule has 0 unspecified atom stereocenters. The molecule has 1 N–H and O–H groups in total. The van der Waals surface area contributed by atoms with Crippen LogP contribution in [0.5, 0.6) is 0 Å². The molecule has 1 fully saturated rings. The van der Waals surface area contributed by atoms with Gasteiger partial charge in [0.05, 0.1) is 5.75 Å². The molecule has 1 aliphatic carbocycles. The van der Waals surface area contributed by atoms with Crippen LogP contribution in [0.3, 0.4) is 0 Å². The molecule has 124 valence electrons. The third-order valence-corrected chi connectivity index (χ3v) is 5.77. The van der Waals surface area contributed by atoms with Gasteiger partial charge in [-0.05, 0) is 36.5 Å². The van der Waals surface area contributed by atoms with Crippen molar-refractivity contribution < 1.29 is 9.21 Å². The van der Waals surface area contributed by atoms with Crippen molar-refractivity contribution in [2.75, 3.05) is 5.75 Å². The SMILES string of the molecule is C[C@@H]1[C@@H](C)CCC[C@H]1NC(=O)CSc1nc2cc(Cl)ccc2o1. The number of hydrogen-bond donors (Lipinski definition) is 1. The fourth-order valence-corrected chi connectivity index (χ4v) is 3.92. The number of thioether (sulfide) groups is 1. The third-order valence-electron chi connectivity index (χ3n) is 4.71. The van der Waals surface area contributed by atoms with Crippen LogP contribution in [0, 0.1) is 11.8 Å². The summed E-state index contributed by atoms with van der Waals surface area (Å²) in [7, 11) is 0. The molecular weight excluding hydrogens is 332 g/mol. The number of hydrogen-bond acceptors (Lipinski definition) is 4. The van der Waals surface area contributed by atoms with Gasteiger partial charge >= 0.3 is 0 Å². The van der Waals surface area contributed by atoms with E-state index in [9.17, 15) is 4.79 Å². The lowest BCUT2D eigenvalue weighted by molar-refractivity contribution is -0.120. The first-order valence-electron chi connectivity index (χ1n) is 8.01. The van der Waals surface area contributed by atoms with E-state index in [1.807, 2.05) is 0 Å². The van der Waals surface area contributed by atoms with E-state index in [4.69, 9.17) is 16.0 Å². The Morgan fingerprint density at radius 3 is 3.09 bits per heavy atom. The maximum absolute atomic E-state index is 12.2. The Labute approximate surface area is 145 Å². The fourth-order valence-electron chi connectivity index (χ4n) is 3.10. The van der Waals surface area contributed by atoms with Crippen LogP contribution < -0.4 is 5.32 Å². The Morgan fingerprint density at radius 2 is 2.26 bits per heavy atom. The topological polar surface area (TPSA) is 55.1 Å². The van der Waals surface area contributed by atoms with Crippen molar-refractivity contribution in [3.63, 3.8) is 0 Å². The number of amides is 1. The molecule has 1 amide bonds. The standard InChI is InChI=1S/C17H21ClN2O2S/c1-10-4-3-5-13(11(10)2)19-16(21)9-23-17-20-14-8-12(18)6-7-15(14)22-17/h6-8,10-11,13H,3-5,9H2,1-2H3,(H,19,21)/t10-,11+,13+/m0/s1. The molecule has 3 atom stereocenters. The van der Waals surface area contributed by atoms with Crippen molar-refractivity contribution in [3.05, 3.63) is 23.2 Å². The minimum atomic E-state index is 0.0428. The molecule has 4 nitrogen and oxygen atoms in total. The molecule has 0 saturated heterocycles. The third kappa shape index (κ3) is 4.01. The Hall–Kier alpha value is -1.20. The van der Waals surface area contributed by atoms with Gasteiger partial charge in [0.2, 0.25) is 5.91 Å². The van der Waals surface area contributed by atoms with Crippen LogP contribution in [0.15, 0.2) is 27.8 Å². The molecule has 6 heteroatoms. The summed E-state index contributed by atoms with van der Waals surface area (Å²) in [5.41, 5.74) is 1.40. The number of carbonyl (C=O) groups is 1. The summed E-state index contributed by atoms with van der Waals surface area (Å²) < 4.78 is 5.61. The molecule has 1 aliphatic rings. The second-order valence-electron chi connectivity index (χ2n) is 6.32. The summed E-state index contributed by atoms with van der Waals surface area (Å²) in [6.07, 6.45) is 3.52. The Kier molecular flexibility index (Phi) is 5.17. The van der Waals surface area contributed by atoms with Gasteiger partial charge in [0.25, 0.3) is 5.22 Å². The summed E-state index contributed by atoms with van der Waals surface area (Å²) in [4.78, 5) is 16.5. The quantitative estimate of drug-likeness (QED) is 0.822. The van der Waals surface area contributed by atoms with Crippen LogP contribution in [0.25, 0.3) is 11.1 Å². The average molecular weight is 353 g/mol. The maximum Gasteiger partial charge on any atom is 0.257 e. The molecule has 0 aliphatic heterocycles. The molecule has 1 saturated carbocycles. The number of benzene rings is 1. The van der Waals surface area contributed by atoms with E-state index >= 15 is 0 Å². The van der Waals surface area contributed by atoms with Crippen LogP contribution in [0.2, 0.25) is 5.02 Å². The monoisotopic (exact) mass is 352 g/mol. The molecule has 2 aromatic rings. The highest BCUT2D eigenvalue weighted by Crippen LogP contribution is 2.30. The minimum Gasteiger partial charge on any atom is -0.431 e. The van der Waals surface area contributed by atoms with Gasteiger partial charge in [-0.15, -0.1) is 0 Å². The largest absolute Gasteiger partial charge is 0.431 e. The molecular formula is C17H21ClN2O2S. The van der Waals surface area contributed by atoms with Gasteiger partial charge in [-0.25, -0.2) is 4.98 Å². The number of nitrogens with one attached hydrogen (secondary N) is 1. The zero-order valence-electron chi connectivity index (χ0n) is 13.3. The maximum atomic E-state index is 12.2. The van der Waals surface area contributed by atoms with Gasteiger partial charge in [-0.3, -0.25) is 4.79 Å². The number of oxazole rings is 1. The van der Waals surface area contributed by atoms with E-state index in [-0.39, 0.29) is 11.9 Å². The number of halogens is 1. The lowest BCUT2D eigenvalue weighted by Gasteiger charge is -2.34. The van der Waals surface area contributed by atoms with Gasteiger partial charge in [0.15, 0.2) is 5.58 Å². The molecule has 0 bridgehead atoms. The van der Waals surface area contributed by atoms with Gasteiger partial charge in [-0.2, -0.15) is 0 Å². The summed E-state index contributed by atoms with van der Waals surface area (Å²) in [6, 6.07) is 5.60. The smallest absolute Gasteiger partial charge is 0.257 e. The normalized spacial score (nSPS) is 24.7. The number of nitrogens with zero attached hydrogens (tertiary/aromatic N) is 1. The highest BCUT2D eigenvalue weighted by Gasteiger charge is 2.28. The lowest BCUT2D eigenvalue weighted by atomic mass is 9.78. The van der Waals surface area contributed by atoms with E-state index in [1.165, 1.54) is 24.6 Å². The van der Waals surface area contributed by atoms with Crippen molar-refractivity contribution in [1.82, 2.24) is 10.3 Å². The van der Waals surface area contributed by atoms with Crippen LogP contribution in [-0.2, 0) is 4.79 Å². The molecule has 3 rings (SSSR count). The zero-order chi connectivity index (χ0) is 16.4. The summed E-state index contributed by atoms with van der Waals surface area (Å²) in [5, 5.41) is 4.29. The molecule has 0 radical (unpaired) electrons. The molecule has 23 heavy (non-hydrogen) atoms. The number of aromatic nitrogens is 1. The average Bonchev–Trinajstić information content (AvgIpc) is 2.92. The van der Waals surface area contributed by atoms with Gasteiger partial charge in [0.1, 0.15) is 5.52 Å². The van der Waals surface area contributed by atoms with Crippen LogP contribution >= 0.6 is 23.4 Å². The number of fused-ring (bicyclic) bond motifs is 1. The van der Waals surface area contributed by atoms with Crippen molar-refractivity contribution in [3.8, 4) is 0 Å². The van der Waals surface area contributed by atoms with Crippen molar-refractivity contribution >= 4 is 40.4 Å². The summed E-state index contributed by atoms with van der Waals surface area (Å²) >= 11 is 7.25. The fraction of sp³-hybridized carbons (Fsp3) is 0.529. The van der Waals surface area contributed by atoms with E-state index in [0.29, 0.717) is 33.4 Å². The summed E-state index contributed by atoms with van der Waals surface area (Å²) in [6.45, 7) is 4.49. The van der Waals surface area contributed by atoms with Crippen LogP contribution in [0.1, 0.15) is 33.1 Å². The first-order valence-corrected chi connectivity index (χ1v) is 9.37. The zero-order valence-corrected chi connectivity index (χ0v) is 14.9. The highest BCUT2D eigenvalue weighted by atomic mass is 35.5. The second kappa shape index (κ2) is 7.14. The van der Waals surface area contributed by atoms with Crippen molar-refractivity contribution in [2.45, 2.75) is 44.4 Å². The number of rotatable bonds is 4.